The van der Waals surface area contributed by atoms with Gasteiger partial charge in [-0.1, -0.05) is 6.07 Å². The Labute approximate surface area is 111 Å². The number of halogens is 2. The van der Waals surface area contributed by atoms with E-state index < -0.39 is 17.7 Å². The Kier molecular flexibility index (Phi) is 4.85. The standard InChI is InChI=1S/C14H19F2NO2/c1-9-10(4-5-19-9)7-17-8-14(18)12-3-2-11(15)6-13(12)16/h2-3,6,9-10,14,17-18H,4-5,7-8H2,1H3. The van der Waals surface area contributed by atoms with Crippen molar-refractivity contribution in [2.24, 2.45) is 5.92 Å². The van der Waals surface area contributed by atoms with Gasteiger partial charge in [0.25, 0.3) is 0 Å². The van der Waals surface area contributed by atoms with E-state index >= 15 is 0 Å². The molecule has 3 nitrogen and oxygen atoms in total. The smallest absolute Gasteiger partial charge is 0.131 e. The minimum atomic E-state index is -0.974. The molecule has 0 bridgehead atoms. The lowest BCUT2D eigenvalue weighted by Gasteiger charge is -2.17. The Morgan fingerprint density at radius 2 is 2.26 bits per heavy atom. The van der Waals surface area contributed by atoms with Crippen LogP contribution in [0, 0.1) is 17.6 Å². The summed E-state index contributed by atoms with van der Waals surface area (Å²) in [7, 11) is 0. The molecule has 0 aromatic heterocycles. The number of aliphatic hydroxyl groups is 1. The van der Waals surface area contributed by atoms with Gasteiger partial charge in [-0.25, -0.2) is 8.78 Å². The van der Waals surface area contributed by atoms with Crippen molar-refractivity contribution in [3.8, 4) is 0 Å². The molecule has 2 rings (SSSR count). The molecule has 2 N–H and O–H groups in total. The van der Waals surface area contributed by atoms with E-state index in [0.29, 0.717) is 5.92 Å². The van der Waals surface area contributed by atoms with Gasteiger partial charge in [-0.05, 0) is 25.3 Å². The highest BCUT2D eigenvalue weighted by Crippen LogP contribution is 2.20. The van der Waals surface area contributed by atoms with Crippen LogP contribution in [0.5, 0.6) is 0 Å². The number of ether oxygens (including phenoxy) is 1. The average molecular weight is 271 g/mol. The second-order valence-corrected chi connectivity index (χ2v) is 4.96. The van der Waals surface area contributed by atoms with E-state index in [1.165, 1.54) is 6.07 Å². The van der Waals surface area contributed by atoms with Crippen molar-refractivity contribution in [2.75, 3.05) is 19.7 Å². The minimum Gasteiger partial charge on any atom is -0.387 e. The fraction of sp³-hybridized carbons (Fsp3) is 0.571. The Hall–Kier alpha value is -1.04. The van der Waals surface area contributed by atoms with Crippen LogP contribution in [0.3, 0.4) is 0 Å². The highest BCUT2D eigenvalue weighted by atomic mass is 19.1. The van der Waals surface area contributed by atoms with Gasteiger partial charge in [0.1, 0.15) is 11.6 Å². The Bertz CT molecular complexity index is 428. The van der Waals surface area contributed by atoms with Crippen LogP contribution in [0.1, 0.15) is 25.0 Å². The zero-order chi connectivity index (χ0) is 13.8. The first-order valence-electron chi connectivity index (χ1n) is 6.53. The van der Waals surface area contributed by atoms with Gasteiger partial charge in [-0.15, -0.1) is 0 Å². The number of nitrogens with one attached hydrogen (secondary N) is 1. The molecular formula is C14H19F2NO2. The molecule has 0 aliphatic carbocycles. The Balaban J connectivity index is 1.82. The summed E-state index contributed by atoms with van der Waals surface area (Å²) in [6.07, 6.45) is 0.236. The van der Waals surface area contributed by atoms with E-state index in [4.69, 9.17) is 4.74 Å². The van der Waals surface area contributed by atoms with Crippen LogP contribution < -0.4 is 5.32 Å². The summed E-state index contributed by atoms with van der Waals surface area (Å²) in [5.74, 6) is -0.935. The van der Waals surface area contributed by atoms with Crippen LogP contribution in [0.2, 0.25) is 0 Å². The number of hydrogen-bond acceptors (Lipinski definition) is 3. The quantitative estimate of drug-likeness (QED) is 0.861. The predicted molar refractivity (Wildman–Crippen MR) is 67.7 cm³/mol. The minimum absolute atomic E-state index is 0.115. The molecule has 1 aromatic rings. The maximum Gasteiger partial charge on any atom is 0.131 e. The SMILES string of the molecule is CC1OCCC1CNCC(O)c1ccc(F)cc1F. The molecule has 0 amide bonds. The van der Waals surface area contributed by atoms with E-state index in [9.17, 15) is 13.9 Å². The summed E-state index contributed by atoms with van der Waals surface area (Å²) in [6.45, 7) is 3.75. The summed E-state index contributed by atoms with van der Waals surface area (Å²) in [5.41, 5.74) is 0.115. The molecule has 0 saturated carbocycles. The van der Waals surface area contributed by atoms with Gasteiger partial charge in [-0.2, -0.15) is 0 Å². The van der Waals surface area contributed by atoms with Crippen molar-refractivity contribution >= 4 is 0 Å². The number of aliphatic hydroxyl groups excluding tert-OH is 1. The number of rotatable bonds is 5. The molecule has 106 valence electrons. The van der Waals surface area contributed by atoms with E-state index in [0.717, 1.165) is 31.7 Å². The molecule has 1 heterocycles. The summed E-state index contributed by atoms with van der Waals surface area (Å²) >= 11 is 0. The van der Waals surface area contributed by atoms with Gasteiger partial charge in [0.2, 0.25) is 0 Å². The van der Waals surface area contributed by atoms with Crippen molar-refractivity contribution in [3.63, 3.8) is 0 Å². The number of hydrogen-bond donors (Lipinski definition) is 2. The second kappa shape index (κ2) is 6.41. The van der Waals surface area contributed by atoms with Crippen LogP contribution >= 0.6 is 0 Å². The molecule has 5 heteroatoms. The predicted octanol–water partition coefficient (Wildman–Crippen LogP) is 2.01. The van der Waals surface area contributed by atoms with E-state index in [2.05, 4.69) is 5.32 Å². The van der Waals surface area contributed by atoms with Crippen LogP contribution in [0.15, 0.2) is 18.2 Å². The average Bonchev–Trinajstić information content (AvgIpc) is 2.75. The van der Waals surface area contributed by atoms with Crippen LogP contribution in [0.25, 0.3) is 0 Å². The molecule has 0 spiro atoms. The lowest BCUT2D eigenvalue weighted by atomic mass is 10.0. The van der Waals surface area contributed by atoms with Crippen LogP contribution in [-0.4, -0.2) is 30.9 Å². The first-order chi connectivity index (χ1) is 9.08. The monoisotopic (exact) mass is 271 g/mol. The van der Waals surface area contributed by atoms with Gasteiger partial charge < -0.3 is 15.2 Å². The first-order valence-corrected chi connectivity index (χ1v) is 6.53. The lowest BCUT2D eigenvalue weighted by molar-refractivity contribution is 0.103. The lowest BCUT2D eigenvalue weighted by Crippen LogP contribution is -2.30. The highest BCUT2D eigenvalue weighted by Gasteiger charge is 2.24. The third-order valence-electron chi connectivity index (χ3n) is 3.60. The topological polar surface area (TPSA) is 41.5 Å². The highest BCUT2D eigenvalue weighted by molar-refractivity contribution is 5.21. The Morgan fingerprint density at radius 1 is 1.47 bits per heavy atom. The van der Waals surface area contributed by atoms with Gasteiger partial charge in [-0.3, -0.25) is 0 Å². The van der Waals surface area contributed by atoms with E-state index in [-0.39, 0.29) is 18.2 Å². The third-order valence-corrected chi connectivity index (χ3v) is 3.60. The maximum atomic E-state index is 13.4. The molecule has 1 aliphatic heterocycles. The molecule has 3 unspecified atom stereocenters. The van der Waals surface area contributed by atoms with Crippen molar-refractivity contribution in [3.05, 3.63) is 35.4 Å². The molecule has 1 saturated heterocycles. The zero-order valence-electron chi connectivity index (χ0n) is 10.9. The summed E-state index contributed by atoms with van der Waals surface area (Å²) < 4.78 is 31.6. The molecular weight excluding hydrogens is 252 g/mol. The van der Waals surface area contributed by atoms with E-state index in [1.807, 2.05) is 6.92 Å². The summed E-state index contributed by atoms with van der Waals surface area (Å²) in [5, 5.41) is 13.0. The summed E-state index contributed by atoms with van der Waals surface area (Å²) in [6, 6.07) is 3.21. The normalized spacial score (nSPS) is 24.6. The van der Waals surface area contributed by atoms with Crippen molar-refractivity contribution in [1.82, 2.24) is 5.32 Å². The van der Waals surface area contributed by atoms with Gasteiger partial charge >= 0.3 is 0 Å². The van der Waals surface area contributed by atoms with Crippen LogP contribution in [-0.2, 0) is 4.74 Å². The van der Waals surface area contributed by atoms with Crippen molar-refractivity contribution in [2.45, 2.75) is 25.6 Å². The zero-order valence-corrected chi connectivity index (χ0v) is 10.9. The maximum absolute atomic E-state index is 13.4. The molecule has 3 atom stereocenters. The molecule has 1 fully saturated rings. The molecule has 19 heavy (non-hydrogen) atoms. The molecule has 1 aliphatic rings. The first kappa shape index (κ1) is 14.4. The largest absolute Gasteiger partial charge is 0.387 e. The van der Waals surface area contributed by atoms with Crippen molar-refractivity contribution < 1.29 is 18.6 Å². The van der Waals surface area contributed by atoms with Crippen molar-refractivity contribution in [1.29, 1.82) is 0 Å². The molecule has 0 radical (unpaired) electrons. The Morgan fingerprint density at radius 3 is 2.89 bits per heavy atom. The van der Waals surface area contributed by atoms with Gasteiger partial charge in [0.05, 0.1) is 12.2 Å². The second-order valence-electron chi connectivity index (χ2n) is 4.96. The van der Waals surface area contributed by atoms with Gasteiger partial charge in [0, 0.05) is 31.3 Å². The molecule has 1 aromatic carbocycles. The fourth-order valence-electron chi connectivity index (χ4n) is 2.33. The van der Waals surface area contributed by atoms with Gasteiger partial charge in [0.15, 0.2) is 0 Å². The number of benzene rings is 1. The van der Waals surface area contributed by atoms with E-state index in [1.54, 1.807) is 0 Å². The fourth-order valence-corrected chi connectivity index (χ4v) is 2.33. The van der Waals surface area contributed by atoms with Crippen LogP contribution in [0.4, 0.5) is 8.78 Å². The summed E-state index contributed by atoms with van der Waals surface area (Å²) in [4.78, 5) is 0. The third kappa shape index (κ3) is 3.72.